The number of hydrogen-bond acceptors (Lipinski definition) is 8. The van der Waals surface area contributed by atoms with Crippen LogP contribution in [0.25, 0.3) is 5.57 Å². The van der Waals surface area contributed by atoms with Crippen LogP contribution in [0.5, 0.6) is 0 Å². The molecule has 1 aliphatic rings. The van der Waals surface area contributed by atoms with E-state index in [4.69, 9.17) is 10.0 Å². The van der Waals surface area contributed by atoms with Crippen LogP contribution in [0.2, 0.25) is 0 Å². The summed E-state index contributed by atoms with van der Waals surface area (Å²) in [7, 11) is 0. The Morgan fingerprint density at radius 2 is 0.965 bits per heavy atom. The molecule has 8 aromatic carbocycles. The van der Waals surface area contributed by atoms with E-state index < -0.39 is 47.6 Å². The van der Waals surface area contributed by atoms with Crippen LogP contribution in [-0.4, -0.2) is 53.1 Å². The van der Waals surface area contributed by atoms with Crippen LogP contribution in [0.15, 0.2) is 187 Å². The van der Waals surface area contributed by atoms with Crippen molar-refractivity contribution in [3.63, 3.8) is 0 Å². The second-order valence-corrected chi connectivity index (χ2v) is 20.0. The first-order valence-electron chi connectivity index (χ1n) is 26.2. The summed E-state index contributed by atoms with van der Waals surface area (Å²) < 4.78 is 108. The summed E-state index contributed by atoms with van der Waals surface area (Å²) in [4.78, 5) is 56.4. The molecule has 8 aromatic rings. The number of amides is 4. The maximum Gasteiger partial charge on any atom is 0.435 e. The zero-order chi connectivity index (χ0) is 62.7. The van der Waals surface area contributed by atoms with Gasteiger partial charge in [0.15, 0.2) is 0 Å². The molecule has 1 unspecified atom stereocenters. The third-order valence-electron chi connectivity index (χ3n) is 13.7. The average molecular weight is 1180 g/mol. The van der Waals surface area contributed by atoms with Crippen LogP contribution in [0.1, 0.15) is 103 Å². The van der Waals surface area contributed by atoms with Gasteiger partial charge in [0, 0.05) is 57.0 Å². The summed E-state index contributed by atoms with van der Waals surface area (Å²) >= 11 is 0. The maximum atomic E-state index is 14.6. The van der Waals surface area contributed by atoms with Gasteiger partial charge in [-0.1, -0.05) is 89.7 Å². The fraction of sp³-hybridized carbons (Fsp3) is 0.152. The first-order chi connectivity index (χ1) is 40.7. The van der Waals surface area contributed by atoms with Gasteiger partial charge in [-0.15, -0.1) is 0 Å². The number of anilines is 4. The van der Waals surface area contributed by atoms with E-state index >= 15 is 0 Å². The Morgan fingerprint density at radius 3 is 1.38 bits per heavy atom. The Balaban J connectivity index is 0.000000217. The molecule has 5 N–H and O–H groups in total. The molecule has 0 spiro atoms. The van der Waals surface area contributed by atoms with Crippen LogP contribution in [0.3, 0.4) is 0 Å². The number of halogens is 8. The second kappa shape index (κ2) is 27.0. The summed E-state index contributed by atoms with van der Waals surface area (Å²) in [5.74, 6) is -2.38. The van der Waals surface area contributed by atoms with Gasteiger partial charge < -0.3 is 31.3 Å². The molecule has 0 aliphatic carbocycles. The number of nitrogens with one attached hydrogen (secondary N) is 4. The Labute approximate surface area is 489 Å². The van der Waals surface area contributed by atoms with Gasteiger partial charge in [-0.25, -0.2) is 8.78 Å². The fourth-order valence-corrected chi connectivity index (χ4v) is 9.11. The summed E-state index contributed by atoms with van der Waals surface area (Å²) in [6, 6.07) is 43.0. The van der Waals surface area contributed by atoms with Crippen LogP contribution >= 0.6 is 0 Å². The average Bonchev–Trinajstić information content (AvgIpc) is 1.65. The predicted octanol–water partition coefficient (Wildman–Crippen LogP) is 16.2. The highest BCUT2D eigenvalue weighted by atomic mass is 19.4. The highest BCUT2D eigenvalue weighted by molar-refractivity contribution is 6.10. The number of oxime groups is 2. The minimum atomic E-state index is -4.83. The molecule has 1 aliphatic heterocycles. The van der Waals surface area contributed by atoms with E-state index in [0.29, 0.717) is 72.8 Å². The normalized spacial score (nSPS) is 13.6. The summed E-state index contributed by atoms with van der Waals surface area (Å²) in [5, 5.41) is 25.7. The number of rotatable bonds is 12. The molecule has 0 saturated carbocycles. The van der Waals surface area contributed by atoms with E-state index in [1.165, 1.54) is 79.0 Å². The number of alkyl halides is 6. The second-order valence-electron chi connectivity index (χ2n) is 20.0. The van der Waals surface area contributed by atoms with Gasteiger partial charge in [0.25, 0.3) is 29.2 Å². The lowest BCUT2D eigenvalue weighted by Gasteiger charge is -2.30. The zero-order valence-electron chi connectivity index (χ0n) is 47.1. The molecule has 0 bridgehead atoms. The van der Waals surface area contributed by atoms with E-state index in [1.54, 1.807) is 88.4 Å². The van der Waals surface area contributed by atoms with Crippen molar-refractivity contribution in [1.82, 2.24) is 0 Å². The Morgan fingerprint density at radius 1 is 0.535 bits per heavy atom. The number of aryl methyl sites for hydroxylation is 6. The first-order valence-corrected chi connectivity index (χ1v) is 26.2. The number of carbonyl (C=O) groups excluding carboxylic acids is 4. The largest absolute Gasteiger partial charge is 0.435 e. The van der Waals surface area contributed by atoms with Gasteiger partial charge in [-0.2, -0.15) is 26.3 Å². The summed E-state index contributed by atoms with van der Waals surface area (Å²) in [6.45, 7) is 13.2. The van der Waals surface area contributed by atoms with Crippen molar-refractivity contribution < 1.29 is 64.3 Å². The third kappa shape index (κ3) is 15.5. The molecule has 20 heteroatoms. The Kier molecular flexibility index (Phi) is 19.9. The van der Waals surface area contributed by atoms with Crippen LogP contribution in [0.4, 0.5) is 57.9 Å². The number of benzene rings is 8. The van der Waals surface area contributed by atoms with Gasteiger partial charge in [-0.05, 0) is 189 Å². The first kappa shape index (κ1) is 63.3. The van der Waals surface area contributed by atoms with Crippen LogP contribution in [0, 0.1) is 53.2 Å². The molecule has 0 aromatic heterocycles. The van der Waals surface area contributed by atoms with Crippen LogP contribution < -0.4 is 21.3 Å². The topological polar surface area (TPSA) is 171 Å². The smallest absolute Gasteiger partial charge is 0.411 e. The molecule has 1 atom stereocenters. The van der Waals surface area contributed by atoms with E-state index in [2.05, 4.69) is 38.2 Å². The molecule has 0 saturated heterocycles. The van der Waals surface area contributed by atoms with Crippen molar-refractivity contribution >= 4 is 63.9 Å². The molecule has 4 amide bonds. The van der Waals surface area contributed by atoms with Crippen molar-refractivity contribution in [3.8, 4) is 0 Å². The summed E-state index contributed by atoms with van der Waals surface area (Å²) in [5.41, 5.74) is 3.67. The van der Waals surface area contributed by atoms with Crippen molar-refractivity contribution in [2.75, 3.05) is 21.3 Å². The van der Waals surface area contributed by atoms with Crippen LogP contribution in [-0.2, 0) is 10.4 Å². The van der Waals surface area contributed by atoms with E-state index in [1.807, 2.05) is 38.1 Å². The molecule has 0 radical (unpaired) electrons. The Bertz CT molecular complexity index is 3870. The lowest BCUT2D eigenvalue weighted by Crippen LogP contribution is -2.42. The highest BCUT2D eigenvalue weighted by Gasteiger charge is 2.62. The van der Waals surface area contributed by atoms with Gasteiger partial charge in [-0.3, -0.25) is 19.2 Å². The van der Waals surface area contributed by atoms with E-state index in [0.717, 1.165) is 23.3 Å². The fourth-order valence-electron chi connectivity index (χ4n) is 9.11. The monoisotopic (exact) mass is 1180 g/mol. The lowest BCUT2D eigenvalue weighted by molar-refractivity contribution is -0.275. The maximum absolute atomic E-state index is 14.6. The molecule has 9 rings (SSSR count). The van der Waals surface area contributed by atoms with Gasteiger partial charge in [0.05, 0.1) is 17.5 Å². The standard InChI is InChI=1S/C33H27F4N3O3.C26H23F3N2O2.C7H6FNO/c1-19-7-4-5-10-27(19)31(42)38-26-9-6-8-23(17-26)30(41)39-29-20(2)15-24(16-21(29)3)32(33(35,36)37)18-28(40-43-32)22-11-13-25(34)14-12-22;1-15-8-5-6-11-22(15)25(33)30-21-10-7-9-19(14-21)24(32)31-23-16(2)12-20(13-17(23)3)18(4)26(27,28)29;8-7-3-1-6(2-4-7)5-9-10/h4-17H,18H2,1-3H3,(H,38,42)(H,39,41);5-14H,4H2,1-3H3,(H,30,33)(H,31,32);1-5,10H. The molecule has 12 nitrogen and oxygen atoms in total. The molecule has 442 valence electrons. The molecular formula is C66H56F8N6O6. The SMILES string of the molecule is C=C(c1cc(C)c(NC(=O)c2cccc(NC(=O)c3ccccc3C)c2)c(C)c1)C(F)(F)F.Cc1ccccc1C(=O)Nc1cccc(C(=O)Nc2c(C)cc(C3(C(F)(F)F)CC(c4ccc(F)cc4)=NO3)cc2C)c1.ON=Cc1ccc(F)cc1. The van der Waals surface area contributed by atoms with E-state index in [-0.39, 0.29) is 40.0 Å². The molecular weight excluding hydrogens is 1120 g/mol. The van der Waals surface area contributed by atoms with Crippen molar-refractivity contribution in [1.29, 1.82) is 0 Å². The van der Waals surface area contributed by atoms with Crippen molar-refractivity contribution in [2.24, 2.45) is 10.3 Å². The minimum absolute atomic E-state index is 0.0411. The number of allylic oxidation sites excluding steroid dienone is 1. The predicted molar refractivity (Wildman–Crippen MR) is 316 cm³/mol. The number of carbonyl (C=O) groups is 4. The quantitative estimate of drug-likeness (QED) is 0.0353. The molecule has 0 fully saturated rings. The van der Waals surface area contributed by atoms with Gasteiger partial charge in [0.1, 0.15) is 11.6 Å². The molecule has 1 heterocycles. The summed E-state index contributed by atoms with van der Waals surface area (Å²) in [6.07, 6.45) is -8.73. The van der Waals surface area contributed by atoms with Gasteiger partial charge in [0.2, 0.25) is 0 Å². The lowest BCUT2D eigenvalue weighted by atomic mass is 9.84. The molecule has 86 heavy (non-hydrogen) atoms. The van der Waals surface area contributed by atoms with Crippen molar-refractivity contribution in [2.45, 2.75) is 65.9 Å². The zero-order valence-corrected chi connectivity index (χ0v) is 47.1. The van der Waals surface area contributed by atoms with Crippen molar-refractivity contribution in [3.05, 3.63) is 266 Å². The number of nitrogens with zero attached hydrogens (tertiary/aromatic N) is 2. The Hall–Kier alpha value is -10.2. The highest BCUT2D eigenvalue weighted by Crippen LogP contribution is 2.50. The minimum Gasteiger partial charge on any atom is -0.411 e. The van der Waals surface area contributed by atoms with Gasteiger partial charge >= 0.3 is 12.4 Å². The third-order valence-corrected chi connectivity index (χ3v) is 13.7. The van der Waals surface area contributed by atoms with E-state index in [9.17, 15) is 54.3 Å². The number of hydrogen-bond donors (Lipinski definition) is 5.